The van der Waals surface area contributed by atoms with Gasteiger partial charge in [-0.2, -0.15) is 18.2 Å². The number of carbonyl (C=O) groups excluding carboxylic acids is 1. The first-order valence-corrected chi connectivity index (χ1v) is 14.6. The molecule has 0 aliphatic carbocycles. The first-order valence-electron chi connectivity index (χ1n) is 13.6. The molecule has 228 valence electrons. The van der Waals surface area contributed by atoms with E-state index in [2.05, 4.69) is 4.98 Å². The van der Waals surface area contributed by atoms with Crippen LogP contribution >= 0.6 is 11.8 Å². The van der Waals surface area contributed by atoms with E-state index in [1.165, 1.54) is 4.57 Å². The minimum atomic E-state index is -4.97. The fourth-order valence-electron chi connectivity index (χ4n) is 5.60. The van der Waals surface area contributed by atoms with E-state index in [9.17, 15) is 36.6 Å². The van der Waals surface area contributed by atoms with Crippen molar-refractivity contribution < 1.29 is 36.6 Å². The largest absolute Gasteiger partial charge is 0.493 e. The van der Waals surface area contributed by atoms with Crippen molar-refractivity contribution in [3.05, 3.63) is 99.5 Å². The smallest absolute Gasteiger partial charge is 0.417 e. The number of thioether (sulfide) groups is 1. The number of hydrogen-bond acceptors (Lipinski definition) is 6. The minimum absolute atomic E-state index is 0.00185. The molecule has 3 heterocycles. The summed E-state index contributed by atoms with van der Waals surface area (Å²) in [4.78, 5) is 30.8. The van der Waals surface area contributed by atoms with Crippen LogP contribution in [0.25, 0.3) is 22.0 Å². The van der Waals surface area contributed by atoms with Crippen molar-refractivity contribution in [1.29, 1.82) is 0 Å². The fourth-order valence-corrected chi connectivity index (χ4v) is 6.94. The zero-order valence-corrected chi connectivity index (χ0v) is 23.7. The first kappa shape index (κ1) is 29.7. The molecule has 1 N–H and O–H groups in total. The molecule has 6 rings (SSSR count). The van der Waals surface area contributed by atoms with Crippen LogP contribution in [0.4, 0.5) is 26.7 Å². The molecule has 1 amide bonds. The Balaban J connectivity index is 1.33. The van der Waals surface area contributed by atoms with Crippen molar-refractivity contribution >= 4 is 28.8 Å². The van der Waals surface area contributed by atoms with Crippen molar-refractivity contribution in [3.63, 3.8) is 0 Å². The lowest BCUT2D eigenvalue weighted by molar-refractivity contribution is -0.137. The monoisotopic (exact) mass is 629 g/mol. The van der Waals surface area contributed by atoms with Gasteiger partial charge in [0, 0.05) is 40.9 Å². The van der Waals surface area contributed by atoms with Crippen LogP contribution in [0.1, 0.15) is 30.0 Å². The second-order valence-electron chi connectivity index (χ2n) is 10.5. The quantitative estimate of drug-likeness (QED) is 0.188. The Bertz CT molecular complexity index is 1860. The molecule has 7 nitrogen and oxygen atoms in total. The molecule has 13 heteroatoms. The summed E-state index contributed by atoms with van der Waals surface area (Å²) >= 11 is 0.999. The van der Waals surface area contributed by atoms with E-state index in [4.69, 9.17) is 4.74 Å². The number of amides is 1. The number of halogens is 5. The molecular weight excluding hydrogens is 605 g/mol. The molecule has 1 atom stereocenters. The molecule has 44 heavy (non-hydrogen) atoms. The lowest BCUT2D eigenvalue weighted by atomic mass is 9.95. The number of nitrogens with zero attached hydrogens (tertiary/aromatic N) is 3. The number of benzene rings is 3. The molecule has 0 saturated heterocycles. The van der Waals surface area contributed by atoms with Crippen molar-refractivity contribution in [2.75, 3.05) is 18.8 Å². The number of hydrogen-bond donors (Lipinski definition) is 1. The topological polar surface area (TPSA) is 84.7 Å². The summed E-state index contributed by atoms with van der Waals surface area (Å²) in [5.74, 6) is -2.88. The normalized spacial score (nSPS) is 16.6. The highest BCUT2D eigenvalue weighted by molar-refractivity contribution is 7.99. The highest BCUT2D eigenvalue weighted by atomic mass is 32.2. The van der Waals surface area contributed by atoms with Crippen molar-refractivity contribution in [2.45, 2.75) is 36.6 Å². The molecule has 0 radical (unpaired) electrons. The van der Waals surface area contributed by atoms with E-state index in [1.54, 1.807) is 4.90 Å². The molecule has 2 aliphatic rings. The lowest BCUT2D eigenvalue weighted by Crippen LogP contribution is -2.36. The number of aromatic nitrogens is 2. The molecule has 0 saturated carbocycles. The molecular formula is C31H24F5N3O4S. The Labute approximate surface area is 251 Å². The van der Waals surface area contributed by atoms with Crippen LogP contribution in [0, 0.1) is 11.6 Å². The average molecular weight is 630 g/mol. The highest BCUT2D eigenvalue weighted by Gasteiger charge is 2.39. The molecule has 4 aromatic rings. The predicted molar refractivity (Wildman–Crippen MR) is 153 cm³/mol. The Kier molecular flexibility index (Phi) is 7.82. The van der Waals surface area contributed by atoms with Gasteiger partial charge in [-0.3, -0.25) is 4.57 Å². The summed E-state index contributed by atoms with van der Waals surface area (Å²) in [5, 5.41) is 10.2. The molecule has 3 aromatic carbocycles. The van der Waals surface area contributed by atoms with Gasteiger partial charge in [0.15, 0.2) is 0 Å². The third-order valence-electron chi connectivity index (χ3n) is 7.70. The summed E-state index contributed by atoms with van der Waals surface area (Å²) in [6.07, 6.45) is -2.76. The minimum Gasteiger partial charge on any atom is -0.493 e. The molecule has 0 unspecified atom stereocenters. The van der Waals surface area contributed by atoms with E-state index in [-0.39, 0.29) is 34.7 Å². The standard InChI is InChI=1S/C31H24F5N3O4S/c32-19-6-7-21(24(33)13-19)25-23(31(34,35)36)14-22-26-27(25)44-16-20(39(26)29(41)37-28(22)40)12-17-8-10-38(11-9-17)30(42)43-15-18-4-2-1-3-5-18/h1-8,13-14,20H,9-12,15-16H2,(H,37,40,41)/t20-/m0/s1. The number of rotatable bonds is 5. The maximum Gasteiger partial charge on any atom is 0.417 e. The van der Waals surface area contributed by atoms with E-state index in [0.29, 0.717) is 31.5 Å². The van der Waals surface area contributed by atoms with Gasteiger partial charge < -0.3 is 14.7 Å². The number of ether oxygens (including phenoxy) is 1. The van der Waals surface area contributed by atoms with Gasteiger partial charge in [-0.1, -0.05) is 42.0 Å². The number of carbonyl (C=O) groups is 1. The van der Waals surface area contributed by atoms with Crippen LogP contribution in [-0.4, -0.2) is 44.5 Å². The Morgan fingerprint density at radius 3 is 2.57 bits per heavy atom. The zero-order valence-electron chi connectivity index (χ0n) is 22.9. The molecule has 0 bridgehead atoms. The van der Waals surface area contributed by atoms with E-state index < -0.39 is 58.2 Å². The highest BCUT2D eigenvalue weighted by Crippen LogP contribution is 2.50. The van der Waals surface area contributed by atoms with Gasteiger partial charge in [0.25, 0.3) is 0 Å². The van der Waals surface area contributed by atoms with Crippen molar-refractivity contribution in [3.8, 4) is 17.0 Å². The van der Waals surface area contributed by atoms with Gasteiger partial charge in [0.1, 0.15) is 18.2 Å². The van der Waals surface area contributed by atoms with Gasteiger partial charge in [-0.15, -0.1) is 11.8 Å². The second-order valence-corrected chi connectivity index (χ2v) is 11.5. The van der Waals surface area contributed by atoms with E-state index in [0.717, 1.165) is 35.0 Å². The number of alkyl halides is 3. The summed E-state index contributed by atoms with van der Waals surface area (Å²) in [7, 11) is 0. The first-order chi connectivity index (χ1) is 21.0. The maximum atomic E-state index is 14.9. The van der Waals surface area contributed by atoms with Crippen LogP contribution in [0.15, 0.2) is 75.9 Å². The summed E-state index contributed by atoms with van der Waals surface area (Å²) in [6.45, 7) is 0.787. The summed E-state index contributed by atoms with van der Waals surface area (Å²) in [6, 6.07) is 11.6. The SMILES string of the molecule is O=C(OCc1ccccc1)N1CC=C(C[C@H]2CSc3c(-c4ccc(F)cc4F)c(C(F)(F)F)cc4c(O)nc(=O)n2c34)CC1. The lowest BCUT2D eigenvalue weighted by Gasteiger charge is -2.32. The molecule has 1 aromatic heterocycles. The second kappa shape index (κ2) is 11.6. The van der Waals surface area contributed by atoms with E-state index in [1.807, 2.05) is 36.4 Å². The van der Waals surface area contributed by atoms with Crippen molar-refractivity contribution in [2.24, 2.45) is 0 Å². The Hall–Kier alpha value is -4.39. The average Bonchev–Trinajstić information content (AvgIpc) is 2.99. The zero-order chi connectivity index (χ0) is 31.2. The maximum absolute atomic E-state index is 14.9. The van der Waals surface area contributed by atoms with Crippen LogP contribution in [0.2, 0.25) is 0 Å². The summed E-state index contributed by atoms with van der Waals surface area (Å²) in [5.41, 5.74) is -1.34. The number of aromatic hydroxyl groups is 1. The predicted octanol–water partition coefficient (Wildman–Crippen LogP) is 7.07. The fraction of sp³-hybridized carbons (Fsp3) is 0.258. The van der Waals surface area contributed by atoms with Gasteiger partial charge in [-0.05, 0) is 36.6 Å². The van der Waals surface area contributed by atoms with Crippen LogP contribution in [0.3, 0.4) is 0 Å². The van der Waals surface area contributed by atoms with Crippen LogP contribution in [0.5, 0.6) is 5.88 Å². The molecule has 2 aliphatic heterocycles. The Morgan fingerprint density at radius 2 is 1.89 bits per heavy atom. The van der Waals surface area contributed by atoms with Crippen LogP contribution < -0.4 is 5.69 Å². The molecule has 0 spiro atoms. The van der Waals surface area contributed by atoms with Crippen LogP contribution in [-0.2, 0) is 17.5 Å². The third kappa shape index (κ3) is 5.63. The Morgan fingerprint density at radius 1 is 1.11 bits per heavy atom. The third-order valence-corrected chi connectivity index (χ3v) is 8.94. The van der Waals surface area contributed by atoms with Gasteiger partial charge in [0.05, 0.1) is 22.5 Å². The van der Waals surface area contributed by atoms with Gasteiger partial charge >= 0.3 is 18.0 Å². The van der Waals surface area contributed by atoms with E-state index >= 15 is 0 Å². The van der Waals surface area contributed by atoms with Gasteiger partial charge in [-0.25, -0.2) is 18.4 Å². The summed E-state index contributed by atoms with van der Waals surface area (Å²) < 4.78 is 78.2. The van der Waals surface area contributed by atoms with Gasteiger partial charge in [0.2, 0.25) is 5.88 Å². The molecule has 0 fully saturated rings. The van der Waals surface area contributed by atoms with Crippen molar-refractivity contribution in [1.82, 2.24) is 14.5 Å².